The normalized spacial score (nSPS) is 32.0. The topological polar surface area (TPSA) is 40.6 Å². The summed E-state index contributed by atoms with van der Waals surface area (Å²) in [6, 6.07) is 4.95. The van der Waals surface area contributed by atoms with Gasteiger partial charge in [-0.25, -0.2) is 4.98 Å². The second kappa shape index (κ2) is 4.52. The average Bonchev–Trinajstić information content (AvgIpc) is 2.80. The first-order valence-corrected chi connectivity index (χ1v) is 7.62. The van der Waals surface area contributed by atoms with Gasteiger partial charge in [0.05, 0.1) is 17.9 Å². The van der Waals surface area contributed by atoms with Gasteiger partial charge in [-0.1, -0.05) is 0 Å². The minimum absolute atomic E-state index is 0.268. The molecule has 0 aromatic carbocycles. The zero-order chi connectivity index (χ0) is 13.7. The fraction of sp³-hybridized carbons (Fsp3) is 0.667. The van der Waals surface area contributed by atoms with Crippen molar-refractivity contribution in [1.82, 2.24) is 4.98 Å². The van der Waals surface area contributed by atoms with Gasteiger partial charge in [-0.05, 0) is 32.4 Å². The quantitative estimate of drug-likeness (QED) is 0.844. The Balaban J connectivity index is 1.62. The van der Waals surface area contributed by atoms with Crippen LogP contribution in [0.15, 0.2) is 12.1 Å². The van der Waals surface area contributed by atoms with E-state index in [1.165, 1.54) is 12.1 Å². The summed E-state index contributed by atoms with van der Waals surface area (Å²) in [5.41, 5.74) is 1.26. The van der Waals surface area contributed by atoms with E-state index in [0.717, 1.165) is 37.8 Å². The fourth-order valence-electron chi connectivity index (χ4n) is 3.63. The number of nitrogens with one attached hydrogen (secondary N) is 1. The molecule has 0 radical (unpaired) electrons. The number of ether oxygens (including phenoxy) is 1. The van der Waals surface area contributed by atoms with Crippen molar-refractivity contribution in [2.75, 3.05) is 41.3 Å². The van der Waals surface area contributed by atoms with E-state index in [9.17, 15) is 0 Å². The van der Waals surface area contributed by atoms with Crippen molar-refractivity contribution < 1.29 is 4.74 Å². The number of hydrogen-bond donors (Lipinski definition) is 1. The highest BCUT2D eigenvalue weighted by Gasteiger charge is 2.31. The molecular weight excluding hydrogens is 252 g/mol. The molecule has 2 bridgehead atoms. The van der Waals surface area contributed by atoms with Crippen LogP contribution in [0.2, 0.25) is 0 Å². The Morgan fingerprint density at radius 2 is 1.95 bits per heavy atom. The van der Waals surface area contributed by atoms with Gasteiger partial charge < -0.3 is 19.9 Å². The summed E-state index contributed by atoms with van der Waals surface area (Å²) in [4.78, 5) is 9.65. The molecule has 1 aromatic rings. The number of rotatable bonds is 1. The highest BCUT2D eigenvalue weighted by Crippen LogP contribution is 2.35. The van der Waals surface area contributed by atoms with Crippen molar-refractivity contribution in [2.45, 2.75) is 38.5 Å². The SMILES string of the molecule is C[C@@H]1CN(c2ccc3c(n2)NC2CCN3C2)C[C@@H](C)O1. The van der Waals surface area contributed by atoms with E-state index >= 15 is 0 Å². The predicted octanol–water partition coefficient (Wildman–Crippen LogP) is 1.70. The maximum Gasteiger partial charge on any atom is 0.152 e. The first-order chi connectivity index (χ1) is 9.69. The van der Waals surface area contributed by atoms with Crippen LogP contribution >= 0.6 is 0 Å². The van der Waals surface area contributed by atoms with E-state index in [0.29, 0.717) is 6.04 Å². The van der Waals surface area contributed by atoms with Crippen molar-refractivity contribution in [3.63, 3.8) is 0 Å². The number of pyridine rings is 1. The first kappa shape index (κ1) is 12.3. The highest BCUT2D eigenvalue weighted by molar-refractivity contribution is 5.72. The second-order valence-corrected chi connectivity index (χ2v) is 6.28. The van der Waals surface area contributed by atoms with Crippen molar-refractivity contribution in [2.24, 2.45) is 0 Å². The van der Waals surface area contributed by atoms with Gasteiger partial charge in [-0.2, -0.15) is 0 Å². The molecular formula is C15H22N4O. The lowest BCUT2D eigenvalue weighted by atomic mass is 10.2. The summed E-state index contributed by atoms with van der Waals surface area (Å²) in [5.74, 6) is 2.13. The standard InChI is InChI=1S/C15H22N4O/c1-10-7-19(8-11(2)20-10)14-4-3-13-15(17-14)16-12-5-6-18(13)9-12/h3-4,10-12H,5-9H2,1-2H3,(H,16,17)/t10-,11-,12?/m1/s1. The maximum absolute atomic E-state index is 5.80. The second-order valence-electron chi connectivity index (χ2n) is 6.28. The lowest BCUT2D eigenvalue weighted by Gasteiger charge is -2.37. The highest BCUT2D eigenvalue weighted by atomic mass is 16.5. The van der Waals surface area contributed by atoms with Gasteiger partial charge in [-0.15, -0.1) is 0 Å². The third kappa shape index (κ3) is 2.00. The van der Waals surface area contributed by atoms with E-state index in [1.54, 1.807) is 0 Å². The summed E-state index contributed by atoms with van der Waals surface area (Å²) in [6.07, 6.45) is 1.76. The molecule has 3 atom stereocenters. The predicted molar refractivity (Wildman–Crippen MR) is 80.7 cm³/mol. The maximum atomic E-state index is 5.80. The molecule has 0 aliphatic carbocycles. The van der Waals surface area contributed by atoms with Crippen LogP contribution < -0.4 is 15.1 Å². The summed E-state index contributed by atoms with van der Waals surface area (Å²) in [6.45, 7) is 8.38. The molecule has 3 aliphatic heterocycles. The molecule has 4 heterocycles. The Morgan fingerprint density at radius 3 is 2.75 bits per heavy atom. The van der Waals surface area contributed by atoms with Crippen LogP contribution in [0.1, 0.15) is 20.3 Å². The number of fused-ring (bicyclic) bond motifs is 4. The molecule has 0 spiro atoms. The summed E-state index contributed by atoms with van der Waals surface area (Å²) >= 11 is 0. The van der Waals surface area contributed by atoms with E-state index in [2.05, 4.69) is 41.1 Å². The van der Waals surface area contributed by atoms with Crippen molar-refractivity contribution in [1.29, 1.82) is 0 Å². The van der Waals surface area contributed by atoms with E-state index < -0.39 is 0 Å². The van der Waals surface area contributed by atoms with Gasteiger partial charge in [0.1, 0.15) is 5.82 Å². The Bertz CT molecular complexity index is 511. The van der Waals surface area contributed by atoms with Gasteiger partial charge in [0.2, 0.25) is 0 Å². The van der Waals surface area contributed by atoms with Crippen LogP contribution in [-0.2, 0) is 4.74 Å². The summed E-state index contributed by atoms with van der Waals surface area (Å²) in [5, 5.41) is 3.58. The monoisotopic (exact) mass is 274 g/mol. The average molecular weight is 274 g/mol. The zero-order valence-electron chi connectivity index (χ0n) is 12.2. The first-order valence-electron chi connectivity index (χ1n) is 7.62. The molecule has 0 saturated carbocycles. The number of aromatic nitrogens is 1. The van der Waals surface area contributed by atoms with E-state index in [4.69, 9.17) is 9.72 Å². The van der Waals surface area contributed by atoms with E-state index in [-0.39, 0.29) is 12.2 Å². The Labute approximate surface area is 119 Å². The molecule has 5 heteroatoms. The molecule has 1 aromatic heterocycles. The van der Waals surface area contributed by atoms with Gasteiger partial charge in [0, 0.05) is 32.2 Å². The lowest BCUT2D eigenvalue weighted by molar-refractivity contribution is -0.00545. The molecule has 4 rings (SSSR count). The largest absolute Gasteiger partial charge is 0.372 e. The Morgan fingerprint density at radius 1 is 1.15 bits per heavy atom. The lowest BCUT2D eigenvalue weighted by Crippen LogP contribution is -2.46. The molecule has 1 N–H and O–H groups in total. The third-order valence-corrected chi connectivity index (χ3v) is 4.47. The molecule has 3 aliphatic rings. The number of hydrogen-bond acceptors (Lipinski definition) is 5. The number of nitrogens with zero attached hydrogens (tertiary/aromatic N) is 3. The van der Waals surface area contributed by atoms with Crippen LogP contribution in [0.4, 0.5) is 17.3 Å². The molecule has 0 amide bonds. The minimum Gasteiger partial charge on any atom is -0.372 e. The number of anilines is 3. The van der Waals surface area contributed by atoms with Crippen LogP contribution in [0, 0.1) is 0 Å². The van der Waals surface area contributed by atoms with Gasteiger partial charge in [-0.3, -0.25) is 0 Å². The third-order valence-electron chi connectivity index (χ3n) is 4.47. The number of morpholine rings is 1. The van der Waals surface area contributed by atoms with Crippen LogP contribution in [-0.4, -0.2) is 49.4 Å². The van der Waals surface area contributed by atoms with Crippen molar-refractivity contribution >= 4 is 17.3 Å². The van der Waals surface area contributed by atoms with Crippen LogP contribution in [0.25, 0.3) is 0 Å². The Kier molecular flexibility index (Phi) is 2.77. The van der Waals surface area contributed by atoms with Crippen LogP contribution in [0.5, 0.6) is 0 Å². The van der Waals surface area contributed by atoms with E-state index in [1.807, 2.05) is 0 Å². The van der Waals surface area contributed by atoms with Crippen LogP contribution in [0.3, 0.4) is 0 Å². The molecule has 1 unspecified atom stereocenters. The molecule has 2 fully saturated rings. The van der Waals surface area contributed by atoms with Crippen molar-refractivity contribution in [3.8, 4) is 0 Å². The smallest absolute Gasteiger partial charge is 0.152 e. The van der Waals surface area contributed by atoms with Gasteiger partial charge >= 0.3 is 0 Å². The van der Waals surface area contributed by atoms with Gasteiger partial charge in [0.25, 0.3) is 0 Å². The molecule has 108 valence electrons. The fourth-order valence-corrected chi connectivity index (χ4v) is 3.63. The zero-order valence-corrected chi connectivity index (χ0v) is 12.2. The molecule has 5 nitrogen and oxygen atoms in total. The van der Waals surface area contributed by atoms with Crippen molar-refractivity contribution in [3.05, 3.63) is 12.1 Å². The summed E-state index contributed by atoms with van der Waals surface area (Å²) < 4.78 is 5.80. The summed E-state index contributed by atoms with van der Waals surface area (Å²) in [7, 11) is 0. The van der Waals surface area contributed by atoms with Gasteiger partial charge in [0.15, 0.2) is 5.82 Å². The minimum atomic E-state index is 0.268. The molecule has 20 heavy (non-hydrogen) atoms. The Hall–Kier alpha value is -1.49. The molecule has 2 saturated heterocycles.